The number of urea groups is 1. The number of carbonyl (C=O) groups is 2. The fourth-order valence-electron chi connectivity index (χ4n) is 4.35. The van der Waals surface area contributed by atoms with Gasteiger partial charge in [-0.2, -0.15) is 13.2 Å². The zero-order valence-corrected chi connectivity index (χ0v) is 17.5. The van der Waals surface area contributed by atoms with Crippen molar-refractivity contribution in [3.63, 3.8) is 0 Å². The van der Waals surface area contributed by atoms with E-state index >= 15 is 0 Å². The zero-order valence-electron chi connectivity index (χ0n) is 17.5. The summed E-state index contributed by atoms with van der Waals surface area (Å²) < 4.78 is 44.8. The van der Waals surface area contributed by atoms with Gasteiger partial charge in [0.25, 0.3) is 0 Å². The second-order valence-corrected chi connectivity index (χ2v) is 7.98. The highest BCUT2D eigenvalue weighted by Gasteiger charge is 2.44. The van der Waals surface area contributed by atoms with Gasteiger partial charge < -0.3 is 14.5 Å². The molecule has 2 aliphatic heterocycles. The van der Waals surface area contributed by atoms with Crippen LogP contribution >= 0.6 is 0 Å². The van der Waals surface area contributed by atoms with Gasteiger partial charge >= 0.3 is 18.2 Å². The lowest BCUT2D eigenvalue weighted by molar-refractivity contribution is -0.137. The van der Waals surface area contributed by atoms with E-state index in [0.29, 0.717) is 31.9 Å². The van der Waals surface area contributed by atoms with Crippen LogP contribution in [-0.4, -0.2) is 60.2 Å². The first-order chi connectivity index (χ1) is 15.2. The summed E-state index contributed by atoms with van der Waals surface area (Å²) in [7, 11) is 1.23. The standard InChI is InChI=1S/C21H22F3N5O3/c1-12-7-16(18(30)32-2)26-19(25-12)27-20(31)29-10-13-8-28(9-14(13)11-29)17-6-4-3-5-15(17)21(22,23)24/h3-7,13-14H,8-11H2,1-2H3,(H,25,26,27,31)/t13-,14?/m1/s1. The third kappa shape index (κ3) is 4.32. The number of methoxy groups -OCH3 is 1. The van der Waals surface area contributed by atoms with Crippen LogP contribution in [-0.2, 0) is 10.9 Å². The summed E-state index contributed by atoms with van der Waals surface area (Å²) in [4.78, 5) is 35.9. The molecule has 0 bridgehead atoms. The Morgan fingerprint density at radius 1 is 1.09 bits per heavy atom. The highest BCUT2D eigenvalue weighted by atomic mass is 19.4. The molecule has 8 nitrogen and oxygen atoms in total. The molecule has 1 aromatic carbocycles. The molecule has 2 fully saturated rings. The number of halogens is 3. The van der Waals surface area contributed by atoms with Gasteiger partial charge in [-0.05, 0) is 25.1 Å². The van der Waals surface area contributed by atoms with E-state index in [1.165, 1.54) is 25.3 Å². The number of aryl methyl sites for hydroxylation is 1. The van der Waals surface area contributed by atoms with Crippen molar-refractivity contribution in [2.75, 3.05) is 43.5 Å². The third-order valence-electron chi connectivity index (χ3n) is 5.79. The number of nitrogens with one attached hydrogen (secondary N) is 1. The lowest BCUT2D eigenvalue weighted by Crippen LogP contribution is -2.37. The SMILES string of the molecule is COC(=O)c1cc(C)nc(NC(=O)N2CC3CN(c4ccccc4C(F)(F)F)C[C@@H]3C2)n1. The van der Waals surface area contributed by atoms with Crippen LogP contribution in [0, 0.1) is 18.8 Å². The fourth-order valence-corrected chi connectivity index (χ4v) is 4.35. The van der Waals surface area contributed by atoms with Gasteiger partial charge in [-0.3, -0.25) is 5.32 Å². The van der Waals surface area contributed by atoms with Crippen LogP contribution in [0.1, 0.15) is 21.7 Å². The lowest BCUT2D eigenvalue weighted by atomic mass is 10.0. The molecule has 2 aromatic rings. The van der Waals surface area contributed by atoms with Crippen LogP contribution in [0.3, 0.4) is 0 Å². The predicted molar refractivity (Wildman–Crippen MR) is 109 cm³/mol. The molecular weight excluding hydrogens is 427 g/mol. The molecule has 1 unspecified atom stereocenters. The first kappa shape index (κ1) is 21.8. The molecule has 2 atom stereocenters. The molecule has 4 rings (SSSR count). The zero-order chi connectivity index (χ0) is 23.0. The number of fused-ring (bicyclic) bond motifs is 1. The van der Waals surface area contributed by atoms with Gasteiger partial charge in [0, 0.05) is 49.4 Å². The van der Waals surface area contributed by atoms with Gasteiger partial charge in [0.2, 0.25) is 5.95 Å². The number of benzene rings is 1. The van der Waals surface area contributed by atoms with Gasteiger partial charge in [0.1, 0.15) is 0 Å². The van der Waals surface area contributed by atoms with Crippen molar-refractivity contribution >= 4 is 23.6 Å². The number of hydrogen-bond acceptors (Lipinski definition) is 6. The molecule has 2 saturated heterocycles. The monoisotopic (exact) mass is 449 g/mol. The largest absolute Gasteiger partial charge is 0.464 e. The van der Waals surface area contributed by atoms with Crippen LogP contribution in [0.5, 0.6) is 0 Å². The van der Waals surface area contributed by atoms with Crippen LogP contribution in [0.4, 0.5) is 29.6 Å². The maximum absolute atomic E-state index is 13.4. The van der Waals surface area contributed by atoms with Crippen LogP contribution in [0.2, 0.25) is 0 Å². The summed E-state index contributed by atoms with van der Waals surface area (Å²) in [6.45, 7) is 3.37. The maximum atomic E-state index is 13.4. The fraction of sp³-hybridized carbons (Fsp3) is 0.429. The number of hydrogen-bond donors (Lipinski definition) is 1. The van der Waals surface area contributed by atoms with Crippen molar-refractivity contribution in [2.24, 2.45) is 11.8 Å². The molecule has 2 aliphatic rings. The Morgan fingerprint density at radius 3 is 2.38 bits per heavy atom. The van der Waals surface area contributed by atoms with E-state index in [0.717, 1.165) is 6.07 Å². The Balaban J connectivity index is 1.41. The number of likely N-dealkylation sites (tertiary alicyclic amines) is 1. The molecular formula is C21H22F3N5O3. The van der Waals surface area contributed by atoms with E-state index in [4.69, 9.17) is 0 Å². The Labute approximate surface area is 182 Å². The van der Waals surface area contributed by atoms with Crippen molar-refractivity contribution in [3.8, 4) is 0 Å². The number of ether oxygens (including phenoxy) is 1. The molecule has 1 aromatic heterocycles. The molecule has 3 heterocycles. The average molecular weight is 449 g/mol. The van der Waals surface area contributed by atoms with Crippen molar-refractivity contribution < 1.29 is 27.5 Å². The lowest BCUT2D eigenvalue weighted by Gasteiger charge is -2.25. The minimum Gasteiger partial charge on any atom is -0.464 e. The molecule has 0 aliphatic carbocycles. The molecule has 32 heavy (non-hydrogen) atoms. The summed E-state index contributed by atoms with van der Waals surface area (Å²) in [5, 5.41) is 2.60. The van der Waals surface area contributed by atoms with Gasteiger partial charge in [-0.1, -0.05) is 12.1 Å². The minimum atomic E-state index is -4.42. The number of esters is 1. The minimum absolute atomic E-state index is 0.00631. The van der Waals surface area contributed by atoms with E-state index in [9.17, 15) is 22.8 Å². The van der Waals surface area contributed by atoms with Crippen LogP contribution in [0.25, 0.3) is 0 Å². The summed E-state index contributed by atoms with van der Waals surface area (Å²) in [6, 6.07) is 6.60. The number of alkyl halides is 3. The molecule has 0 spiro atoms. The van der Waals surface area contributed by atoms with E-state index < -0.39 is 23.7 Å². The normalized spacial score (nSPS) is 20.3. The summed E-state index contributed by atoms with van der Waals surface area (Å²) in [6.07, 6.45) is -4.42. The second kappa shape index (κ2) is 8.29. The Morgan fingerprint density at radius 2 is 1.75 bits per heavy atom. The van der Waals surface area contributed by atoms with E-state index in [2.05, 4.69) is 20.0 Å². The van der Waals surface area contributed by atoms with Crippen LogP contribution < -0.4 is 10.2 Å². The highest BCUT2D eigenvalue weighted by Crippen LogP contribution is 2.40. The molecule has 0 saturated carbocycles. The van der Waals surface area contributed by atoms with E-state index in [1.807, 2.05) is 0 Å². The molecule has 1 N–H and O–H groups in total. The summed E-state index contributed by atoms with van der Waals surface area (Å²) in [5.74, 6) is -0.522. The number of rotatable bonds is 3. The van der Waals surface area contributed by atoms with Crippen molar-refractivity contribution in [2.45, 2.75) is 13.1 Å². The predicted octanol–water partition coefficient (Wildman–Crippen LogP) is 3.19. The number of aromatic nitrogens is 2. The highest BCUT2D eigenvalue weighted by molar-refractivity contribution is 5.90. The Kier molecular flexibility index (Phi) is 5.66. The first-order valence-corrected chi connectivity index (χ1v) is 10.1. The van der Waals surface area contributed by atoms with Crippen molar-refractivity contribution in [1.82, 2.24) is 14.9 Å². The van der Waals surface area contributed by atoms with Gasteiger partial charge in [-0.15, -0.1) is 0 Å². The molecule has 11 heteroatoms. The van der Waals surface area contributed by atoms with Crippen molar-refractivity contribution in [3.05, 3.63) is 47.3 Å². The van der Waals surface area contributed by atoms with E-state index in [-0.39, 0.29) is 29.2 Å². The number of amides is 2. The van der Waals surface area contributed by atoms with Gasteiger partial charge in [0.15, 0.2) is 5.69 Å². The average Bonchev–Trinajstić information content (AvgIpc) is 3.31. The van der Waals surface area contributed by atoms with Gasteiger partial charge in [-0.25, -0.2) is 19.6 Å². The number of anilines is 2. The Hall–Kier alpha value is -3.37. The van der Waals surface area contributed by atoms with Crippen LogP contribution in [0.15, 0.2) is 30.3 Å². The quantitative estimate of drug-likeness (QED) is 0.725. The summed E-state index contributed by atoms with van der Waals surface area (Å²) >= 11 is 0. The molecule has 2 amide bonds. The number of nitrogens with zero attached hydrogens (tertiary/aromatic N) is 4. The first-order valence-electron chi connectivity index (χ1n) is 10.1. The maximum Gasteiger partial charge on any atom is 0.418 e. The number of carbonyl (C=O) groups excluding carboxylic acids is 2. The second-order valence-electron chi connectivity index (χ2n) is 7.98. The van der Waals surface area contributed by atoms with E-state index in [1.54, 1.807) is 22.8 Å². The Bertz CT molecular complexity index is 1030. The third-order valence-corrected chi connectivity index (χ3v) is 5.79. The molecule has 0 radical (unpaired) electrons. The number of para-hydroxylation sites is 1. The topological polar surface area (TPSA) is 87.7 Å². The molecule has 170 valence electrons. The van der Waals surface area contributed by atoms with Gasteiger partial charge in [0.05, 0.1) is 12.7 Å². The van der Waals surface area contributed by atoms with Crippen molar-refractivity contribution in [1.29, 1.82) is 0 Å². The smallest absolute Gasteiger partial charge is 0.418 e. The summed E-state index contributed by atoms with van der Waals surface area (Å²) in [5.41, 5.74) is 0.0574.